The Labute approximate surface area is 121 Å². The van der Waals surface area contributed by atoms with Gasteiger partial charge in [0.2, 0.25) is 0 Å². The largest absolute Gasteiger partial charge is 0.395 e. The smallest absolute Gasteiger partial charge is 0.130 e. The second-order valence-electron chi connectivity index (χ2n) is 5.36. The van der Waals surface area contributed by atoms with Gasteiger partial charge >= 0.3 is 0 Å². The fourth-order valence-electron chi connectivity index (χ4n) is 2.43. The lowest BCUT2D eigenvalue weighted by Crippen LogP contribution is -2.35. The minimum Gasteiger partial charge on any atom is -0.395 e. The molecule has 20 heavy (non-hydrogen) atoms. The summed E-state index contributed by atoms with van der Waals surface area (Å²) in [5.41, 5.74) is 1.55. The second-order valence-corrected chi connectivity index (χ2v) is 5.36. The van der Waals surface area contributed by atoms with Gasteiger partial charge in [0.05, 0.1) is 6.61 Å². The zero-order valence-electron chi connectivity index (χ0n) is 13.0. The van der Waals surface area contributed by atoms with Crippen molar-refractivity contribution in [2.45, 2.75) is 46.2 Å². The number of nitrogens with one attached hydrogen (secondary N) is 1. The van der Waals surface area contributed by atoms with E-state index < -0.39 is 0 Å². The molecule has 0 radical (unpaired) electrons. The first-order chi connectivity index (χ1) is 9.52. The molecule has 0 saturated carbocycles. The van der Waals surface area contributed by atoms with Crippen LogP contribution in [-0.4, -0.2) is 30.8 Å². The molecule has 1 unspecified atom stereocenters. The van der Waals surface area contributed by atoms with Crippen LogP contribution in [0, 0.1) is 5.82 Å². The topological polar surface area (TPSA) is 35.5 Å². The number of anilines is 1. The Balaban J connectivity index is 3.14. The molecule has 1 atom stereocenters. The van der Waals surface area contributed by atoms with Crippen LogP contribution in [-0.2, 0) is 0 Å². The van der Waals surface area contributed by atoms with Crippen molar-refractivity contribution in [3.8, 4) is 0 Å². The summed E-state index contributed by atoms with van der Waals surface area (Å²) in [6.07, 6.45) is 1.01. The molecule has 0 aliphatic heterocycles. The molecule has 1 aromatic rings. The highest BCUT2D eigenvalue weighted by Crippen LogP contribution is 2.30. The SMILES string of the molecule is CCCNC(C)c1c(F)cccc1N(CCO)C(C)C. The average Bonchev–Trinajstić information content (AvgIpc) is 2.41. The Hall–Kier alpha value is -1.13. The van der Waals surface area contributed by atoms with Crippen molar-refractivity contribution in [1.29, 1.82) is 0 Å². The fourth-order valence-corrected chi connectivity index (χ4v) is 2.43. The van der Waals surface area contributed by atoms with Crippen molar-refractivity contribution in [2.75, 3.05) is 24.6 Å². The van der Waals surface area contributed by atoms with Crippen molar-refractivity contribution in [3.05, 3.63) is 29.6 Å². The quantitative estimate of drug-likeness (QED) is 0.769. The molecule has 4 heteroatoms. The zero-order valence-corrected chi connectivity index (χ0v) is 13.0. The molecule has 114 valence electrons. The van der Waals surface area contributed by atoms with Gasteiger partial charge in [-0.2, -0.15) is 0 Å². The minimum atomic E-state index is -0.192. The Morgan fingerprint density at radius 1 is 1.30 bits per heavy atom. The number of aliphatic hydroxyl groups is 1. The van der Waals surface area contributed by atoms with E-state index in [4.69, 9.17) is 0 Å². The van der Waals surface area contributed by atoms with Crippen LogP contribution in [0.2, 0.25) is 0 Å². The molecule has 0 bridgehead atoms. The fraction of sp³-hybridized carbons (Fsp3) is 0.625. The van der Waals surface area contributed by atoms with Gasteiger partial charge < -0.3 is 15.3 Å². The van der Waals surface area contributed by atoms with Gasteiger partial charge in [0, 0.05) is 29.9 Å². The molecule has 0 aliphatic carbocycles. The summed E-state index contributed by atoms with van der Waals surface area (Å²) < 4.78 is 14.3. The van der Waals surface area contributed by atoms with Crippen LogP contribution in [0.25, 0.3) is 0 Å². The lowest BCUT2D eigenvalue weighted by Gasteiger charge is -2.32. The number of halogens is 1. The van der Waals surface area contributed by atoms with Crippen LogP contribution in [0.5, 0.6) is 0 Å². The molecule has 0 heterocycles. The molecule has 1 rings (SSSR count). The first kappa shape index (κ1) is 16.9. The van der Waals surface area contributed by atoms with Gasteiger partial charge in [0.15, 0.2) is 0 Å². The van der Waals surface area contributed by atoms with Crippen LogP contribution >= 0.6 is 0 Å². The van der Waals surface area contributed by atoms with E-state index in [2.05, 4.69) is 26.1 Å². The molecule has 1 aromatic carbocycles. The maximum atomic E-state index is 14.3. The maximum absolute atomic E-state index is 14.3. The van der Waals surface area contributed by atoms with Gasteiger partial charge in [0.1, 0.15) is 5.82 Å². The van der Waals surface area contributed by atoms with Gasteiger partial charge in [-0.05, 0) is 45.9 Å². The summed E-state index contributed by atoms with van der Waals surface area (Å²) in [5, 5.41) is 12.6. The van der Waals surface area contributed by atoms with Crippen LogP contribution in [0.15, 0.2) is 18.2 Å². The summed E-state index contributed by atoms with van der Waals surface area (Å²) in [6.45, 7) is 9.60. The van der Waals surface area contributed by atoms with E-state index in [0.29, 0.717) is 12.1 Å². The molecule has 0 spiro atoms. The van der Waals surface area contributed by atoms with E-state index in [1.165, 1.54) is 6.07 Å². The monoisotopic (exact) mass is 282 g/mol. The summed E-state index contributed by atoms with van der Waals surface area (Å²) in [4.78, 5) is 2.04. The van der Waals surface area contributed by atoms with E-state index in [1.54, 1.807) is 6.07 Å². The Morgan fingerprint density at radius 2 is 2.00 bits per heavy atom. The molecule has 0 aliphatic rings. The van der Waals surface area contributed by atoms with Crippen LogP contribution < -0.4 is 10.2 Å². The summed E-state index contributed by atoms with van der Waals surface area (Å²) >= 11 is 0. The number of rotatable bonds is 8. The molecule has 0 saturated heterocycles. The Morgan fingerprint density at radius 3 is 2.55 bits per heavy atom. The predicted molar refractivity (Wildman–Crippen MR) is 82.7 cm³/mol. The third kappa shape index (κ3) is 4.18. The first-order valence-electron chi connectivity index (χ1n) is 7.42. The standard InChI is InChI=1S/C16H27FN2O/c1-5-9-18-13(4)16-14(17)7-6-8-15(16)19(10-11-20)12(2)3/h6-8,12-13,18,20H,5,9-11H2,1-4H3. The molecule has 0 fully saturated rings. The van der Waals surface area contributed by atoms with Gasteiger partial charge in [0.25, 0.3) is 0 Å². The van der Waals surface area contributed by atoms with E-state index in [-0.39, 0.29) is 24.5 Å². The third-order valence-electron chi connectivity index (χ3n) is 3.44. The number of hydrogen-bond acceptors (Lipinski definition) is 3. The lowest BCUT2D eigenvalue weighted by atomic mass is 10.0. The molecular formula is C16H27FN2O. The zero-order chi connectivity index (χ0) is 15.1. The van der Waals surface area contributed by atoms with Crippen molar-refractivity contribution < 1.29 is 9.50 Å². The van der Waals surface area contributed by atoms with Crippen LogP contribution in [0.1, 0.15) is 45.7 Å². The van der Waals surface area contributed by atoms with Crippen LogP contribution in [0.4, 0.5) is 10.1 Å². The second kappa shape index (κ2) is 8.22. The number of hydrogen-bond donors (Lipinski definition) is 2. The van der Waals surface area contributed by atoms with E-state index in [0.717, 1.165) is 18.7 Å². The van der Waals surface area contributed by atoms with Gasteiger partial charge in [-0.3, -0.25) is 0 Å². The van der Waals surface area contributed by atoms with E-state index in [1.807, 2.05) is 17.9 Å². The molecule has 0 aromatic heterocycles. The van der Waals surface area contributed by atoms with Crippen molar-refractivity contribution in [2.24, 2.45) is 0 Å². The Kier molecular flexibility index (Phi) is 6.96. The average molecular weight is 282 g/mol. The number of nitrogens with zero attached hydrogens (tertiary/aromatic N) is 1. The van der Waals surface area contributed by atoms with Crippen molar-refractivity contribution >= 4 is 5.69 Å². The molecule has 2 N–H and O–H groups in total. The van der Waals surface area contributed by atoms with Gasteiger partial charge in [-0.15, -0.1) is 0 Å². The van der Waals surface area contributed by atoms with E-state index >= 15 is 0 Å². The highest BCUT2D eigenvalue weighted by atomic mass is 19.1. The van der Waals surface area contributed by atoms with Crippen molar-refractivity contribution in [1.82, 2.24) is 5.32 Å². The summed E-state index contributed by atoms with van der Waals surface area (Å²) in [6, 6.07) is 5.32. The predicted octanol–water partition coefficient (Wildman–Crippen LogP) is 3.09. The van der Waals surface area contributed by atoms with Gasteiger partial charge in [-0.1, -0.05) is 13.0 Å². The highest BCUT2D eigenvalue weighted by molar-refractivity contribution is 5.56. The van der Waals surface area contributed by atoms with Gasteiger partial charge in [-0.25, -0.2) is 4.39 Å². The van der Waals surface area contributed by atoms with E-state index in [9.17, 15) is 9.50 Å². The first-order valence-corrected chi connectivity index (χ1v) is 7.42. The third-order valence-corrected chi connectivity index (χ3v) is 3.44. The van der Waals surface area contributed by atoms with Crippen LogP contribution in [0.3, 0.4) is 0 Å². The normalized spacial score (nSPS) is 12.8. The summed E-state index contributed by atoms with van der Waals surface area (Å²) in [5.74, 6) is -0.192. The molecule has 0 amide bonds. The maximum Gasteiger partial charge on any atom is 0.130 e. The number of benzene rings is 1. The molecule has 3 nitrogen and oxygen atoms in total. The Bertz CT molecular complexity index is 409. The van der Waals surface area contributed by atoms with Crippen molar-refractivity contribution in [3.63, 3.8) is 0 Å². The highest BCUT2D eigenvalue weighted by Gasteiger charge is 2.20. The molecular weight excluding hydrogens is 255 g/mol. The minimum absolute atomic E-state index is 0.0499. The lowest BCUT2D eigenvalue weighted by molar-refractivity contribution is 0.298. The summed E-state index contributed by atoms with van der Waals surface area (Å²) in [7, 11) is 0. The number of aliphatic hydroxyl groups excluding tert-OH is 1.